The average molecular weight is 262 g/mol. The molecule has 1 unspecified atom stereocenters. The van der Waals surface area contributed by atoms with Crippen molar-refractivity contribution < 1.29 is 9.53 Å². The zero-order chi connectivity index (χ0) is 13.5. The molecule has 1 aliphatic carbocycles. The number of ether oxygens (including phenoxy) is 1. The summed E-state index contributed by atoms with van der Waals surface area (Å²) in [5.74, 6) is 1.50. The maximum Gasteiger partial charge on any atom is 0.221 e. The summed E-state index contributed by atoms with van der Waals surface area (Å²) in [6.45, 7) is 1.25. The third-order valence-electron chi connectivity index (χ3n) is 3.30. The molecule has 1 aliphatic rings. The fraction of sp³-hybridized carbons (Fsp3) is 0.533. The normalized spacial score (nSPS) is 15.8. The number of carbonyl (C=O) groups is 1. The van der Waals surface area contributed by atoms with Gasteiger partial charge in [0.2, 0.25) is 5.91 Å². The van der Waals surface area contributed by atoms with E-state index in [9.17, 15) is 4.79 Å². The Labute approximate surface area is 114 Å². The molecule has 0 spiro atoms. The first-order valence-corrected chi connectivity index (χ1v) is 6.96. The molecule has 0 bridgehead atoms. The number of nitrogens with two attached hydrogens (primary N) is 1. The van der Waals surface area contributed by atoms with E-state index in [0.717, 1.165) is 12.2 Å². The lowest BCUT2D eigenvalue weighted by atomic mass is 10.1. The van der Waals surface area contributed by atoms with Gasteiger partial charge >= 0.3 is 0 Å². The summed E-state index contributed by atoms with van der Waals surface area (Å²) in [5.41, 5.74) is 5.90. The van der Waals surface area contributed by atoms with Gasteiger partial charge < -0.3 is 15.8 Å². The predicted molar refractivity (Wildman–Crippen MR) is 74.9 cm³/mol. The quantitative estimate of drug-likeness (QED) is 0.701. The van der Waals surface area contributed by atoms with Gasteiger partial charge in [-0.1, -0.05) is 18.2 Å². The van der Waals surface area contributed by atoms with Gasteiger partial charge in [-0.25, -0.2) is 0 Å². The van der Waals surface area contributed by atoms with Crippen molar-refractivity contribution in [3.63, 3.8) is 0 Å². The highest BCUT2D eigenvalue weighted by atomic mass is 16.5. The van der Waals surface area contributed by atoms with Gasteiger partial charge in [-0.05, 0) is 37.3 Å². The van der Waals surface area contributed by atoms with Crippen LogP contribution in [0.2, 0.25) is 0 Å². The van der Waals surface area contributed by atoms with Crippen molar-refractivity contribution >= 4 is 5.91 Å². The molecule has 0 heterocycles. The standard InChI is InChI=1S/C15H22N2O2/c16-14(12-7-8-12)11-15(18)17-9-4-10-19-13-5-2-1-3-6-13/h1-3,5-6,12,14H,4,7-11,16H2,(H,17,18). The second-order valence-corrected chi connectivity index (χ2v) is 5.07. The van der Waals surface area contributed by atoms with Gasteiger partial charge in [0.25, 0.3) is 0 Å². The molecule has 0 radical (unpaired) electrons. The smallest absolute Gasteiger partial charge is 0.221 e. The molecule has 4 nitrogen and oxygen atoms in total. The fourth-order valence-corrected chi connectivity index (χ4v) is 1.98. The minimum absolute atomic E-state index is 0.0422. The van der Waals surface area contributed by atoms with Gasteiger partial charge in [-0.15, -0.1) is 0 Å². The van der Waals surface area contributed by atoms with E-state index < -0.39 is 0 Å². The van der Waals surface area contributed by atoms with E-state index in [-0.39, 0.29) is 11.9 Å². The molecule has 3 N–H and O–H groups in total. The number of hydrogen-bond donors (Lipinski definition) is 2. The molecular formula is C15H22N2O2. The van der Waals surface area contributed by atoms with Crippen LogP contribution >= 0.6 is 0 Å². The Hall–Kier alpha value is -1.55. The van der Waals surface area contributed by atoms with E-state index in [1.807, 2.05) is 30.3 Å². The van der Waals surface area contributed by atoms with Crippen molar-refractivity contribution in [1.29, 1.82) is 0 Å². The van der Waals surface area contributed by atoms with Crippen LogP contribution in [-0.2, 0) is 4.79 Å². The molecule has 1 saturated carbocycles. The van der Waals surface area contributed by atoms with Gasteiger partial charge in [0, 0.05) is 19.0 Å². The number of benzene rings is 1. The Morgan fingerprint density at radius 2 is 2.11 bits per heavy atom. The number of carbonyl (C=O) groups excluding carboxylic acids is 1. The van der Waals surface area contributed by atoms with E-state index in [1.165, 1.54) is 12.8 Å². The highest BCUT2D eigenvalue weighted by Crippen LogP contribution is 2.32. The van der Waals surface area contributed by atoms with E-state index >= 15 is 0 Å². The Bertz CT molecular complexity index is 390. The Morgan fingerprint density at radius 1 is 1.37 bits per heavy atom. The lowest BCUT2D eigenvalue weighted by molar-refractivity contribution is -0.121. The van der Waals surface area contributed by atoms with Crippen LogP contribution < -0.4 is 15.8 Å². The Morgan fingerprint density at radius 3 is 2.79 bits per heavy atom. The van der Waals surface area contributed by atoms with Crippen molar-refractivity contribution in [2.75, 3.05) is 13.2 Å². The molecule has 0 aromatic heterocycles. The second-order valence-electron chi connectivity index (χ2n) is 5.07. The summed E-state index contributed by atoms with van der Waals surface area (Å²) in [4.78, 5) is 11.6. The third-order valence-corrected chi connectivity index (χ3v) is 3.30. The van der Waals surface area contributed by atoms with Gasteiger partial charge in [0.15, 0.2) is 0 Å². The highest BCUT2D eigenvalue weighted by Gasteiger charge is 2.29. The maximum atomic E-state index is 11.6. The van der Waals surface area contributed by atoms with Crippen LogP contribution in [0.1, 0.15) is 25.7 Å². The minimum Gasteiger partial charge on any atom is -0.494 e. The summed E-state index contributed by atoms with van der Waals surface area (Å²) in [7, 11) is 0. The molecule has 1 aromatic carbocycles. The topological polar surface area (TPSA) is 64.4 Å². The molecule has 1 fully saturated rings. The average Bonchev–Trinajstić information content (AvgIpc) is 3.24. The van der Waals surface area contributed by atoms with Crippen LogP contribution in [0.4, 0.5) is 0 Å². The highest BCUT2D eigenvalue weighted by molar-refractivity contribution is 5.76. The lowest BCUT2D eigenvalue weighted by Crippen LogP contribution is -2.33. The first kappa shape index (κ1) is 13.9. The molecule has 0 saturated heterocycles. The van der Waals surface area contributed by atoms with Crippen LogP contribution in [0.5, 0.6) is 5.75 Å². The largest absolute Gasteiger partial charge is 0.494 e. The van der Waals surface area contributed by atoms with Crippen LogP contribution in [0.15, 0.2) is 30.3 Å². The molecule has 1 aromatic rings. The van der Waals surface area contributed by atoms with Crippen molar-refractivity contribution in [1.82, 2.24) is 5.32 Å². The van der Waals surface area contributed by atoms with Crippen LogP contribution in [0.3, 0.4) is 0 Å². The third kappa shape index (κ3) is 5.30. The van der Waals surface area contributed by atoms with Gasteiger partial charge in [0.05, 0.1) is 6.61 Å². The first-order chi connectivity index (χ1) is 9.25. The number of rotatable bonds is 8. The van der Waals surface area contributed by atoms with Gasteiger partial charge in [-0.3, -0.25) is 4.79 Å². The van der Waals surface area contributed by atoms with Crippen molar-refractivity contribution in [3.8, 4) is 5.75 Å². The zero-order valence-electron chi connectivity index (χ0n) is 11.2. The molecule has 1 atom stereocenters. The predicted octanol–water partition coefficient (Wildman–Crippen LogP) is 1.70. The minimum atomic E-state index is 0.0422. The molecule has 2 rings (SSSR count). The number of amides is 1. The van der Waals surface area contributed by atoms with Crippen LogP contribution in [-0.4, -0.2) is 25.1 Å². The van der Waals surface area contributed by atoms with E-state index in [2.05, 4.69) is 5.32 Å². The summed E-state index contributed by atoms with van der Waals surface area (Å²) >= 11 is 0. The molecule has 19 heavy (non-hydrogen) atoms. The number of para-hydroxylation sites is 1. The van der Waals surface area contributed by atoms with Crippen LogP contribution in [0, 0.1) is 5.92 Å². The monoisotopic (exact) mass is 262 g/mol. The SMILES string of the molecule is NC(CC(=O)NCCCOc1ccccc1)C1CC1. The zero-order valence-corrected chi connectivity index (χ0v) is 11.2. The molecular weight excluding hydrogens is 240 g/mol. The Balaban J connectivity index is 1.50. The Kier molecular flexibility index (Phi) is 5.21. The van der Waals surface area contributed by atoms with Crippen molar-refractivity contribution in [2.45, 2.75) is 31.7 Å². The van der Waals surface area contributed by atoms with Crippen molar-refractivity contribution in [2.24, 2.45) is 11.7 Å². The number of hydrogen-bond acceptors (Lipinski definition) is 3. The van der Waals surface area contributed by atoms with E-state index in [0.29, 0.717) is 25.5 Å². The van der Waals surface area contributed by atoms with Crippen LogP contribution in [0.25, 0.3) is 0 Å². The summed E-state index contributed by atoms with van der Waals surface area (Å²) < 4.78 is 5.54. The molecule has 4 heteroatoms. The van der Waals surface area contributed by atoms with E-state index in [1.54, 1.807) is 0 Å². The molecule has 1 amide bonds. The summed E-state index contributed by atoms with van der Waals surface area (Å²) in [5, 5.41) is 2.88. The lowest BCUT2D eigenvalue weighted by Gasteiger charge is -2.10. The summed E-state index contributed by atoms with van der Waals surface area (Å²) in [6, 6.07) is 9.73. The van der Waals surface area contributed by atoms with Gasteiger partial charge in [-0.2, -0.15) is 0 Å². The van der Waals surface area contributed by atoms with Gasteiger partial charge in [0.1, 0.15) is 5.75 Å². The maximum absolute atomic E-state index is 11.6. The van der Waals surface area contributed by atoms with E-state index in [4.69, 9.17) is 10.5 Å². The summed E-state index contributed by atoms with van der Waals surface area (Å²) in [6.07, 6.45) is 3.61. The van der Waals surface area contributed by atoms with Crippen molar-refractivity contribution in [3.05, 3.63) is 30.3 Å². The number of nitrogens with one attached hydrogen (secondary N) is 1. The first-order valence-electron chi connectivity index (χ1n) is 6.96. The molecule has 0 aliphatic heterocycles. The second kappa shape index (κ2) is 7.14. The fourth-order valence-electron chi connectivity index (χ4n) is 1.98. The molecule has 104 valence electrons.